The number of nitrogens with zero attached hydrogens (tertiary/aromatic N) is 4. The van der Waals surface area contributed by atoms with Gasteiger partial charge in [0, 0.05) is 24.2 Å². The van der Waals surface area contributed by atoms with Gasteiger partial charge in [0.15, 0.2) is 11.6 Å². The summed E-state index contributed by atoms with van der Waals surface area (Å²) in [5, 5.41) is 11.4. The highest BCUT2D eigenvalue weighted by molar-refractivity contribution is 6.01. The summed E-state index contributed by atoms with van der Waals surface area (Å²) < 4.78 is 9.20. The van der Waals surface area contributed by atoms with Gasteiger partial charge in [0.1, 0.15) is 5.76 Å². The molecule has 7 nitrogen and oxygen atoms in total. The molecule has 27 heavy (non-hydrogen) atoms. The van der Waals surface area contributed by atoms with Crippen LogP contribution in [0.2, 0.25) is 0 Å². The Morgan fingerprint density at radius 2 is 1.96 bits per heavy atom. The Balaban J connectivity index is 1.42. The number of carbonyl (C=O) groups is 1. The molecule has 3 aromatic heterocycles. The molecule has 4 rings (SSSR count). The lowest BCUT2D eigenvalue weighted by molar-refractivity contribution is 0.0994. The van der Waals surface area contributed by atoms with Crippen LogP contribution in [0.5, 0.6) is 0 Å². The summed E-state index contributed by atoms with van der Waals surface area (Å²) in [6.45, 7) is 3.09. The number of carbonyl (C=O) groups excluding carboxylic acids is 1. The molecule has 1 aromatic carbocycles. The highest BCUT2D eigenvalue weighted by Crippen LogP contribution is 2.14. The predicted molar refractivity (Wildman–Crippen MR) is 100 cm³/mol. The number of hydrogen-bond donors (Lipinski definition) is 1. The number of hydrogen-bond acceptors (Lipinski definition) is 4. The van der Waals surface area contributed by atoms with Crippen LogP contribution in [0.1, 0.15) is 27.6 Å². The zero-order valence-corrected chi connectivity index (χ0v) is 14.9. The van der Waals surface area contributed by atoms with Crippen LogP contribution >= 0.6 is 0 Å². The molecule has 136 valence electrons. The Morgan fingerprint density at radius 3 is 2.74 bits per heavy atom. The first-order valence-electron chi connectivity index (χ1n) is 8.63. The number of amides is 1. The molecule has 0 bridgehead atoms. The van der Waals surface area contributed by atoms with E-state index in [0.29, 0.717) is 24.7 Å². The van der Waals surface area contributed by atoms with Crippen LogP contribution in [-0.2, 0) is 13.1 Å². The second-order valence-corrected chi connectivity index (χ2v) is 6.24. The molecule has 0 aliphatic rings. The zero-order valence-electron chi connectivity index (χ0n) is 14.9. The average molecular weight is 361 g/mol. The summed E-state index contributed by atoms with van der Waals surface area (Å²) in [7, 11) is 0. The fourth-order valence-electron chi connectivity index (χ4n) is 2.80. The summed E-state index contributed by atoms with van der Waals surface area (Å²) >= 11 is 0. The molecular weight excluding hydrogens is 342 g/mol. The number of aromatic nitrogens is 4. The summed E-state index contributed by atoms with van der Waals surface area (Å²) in [6, 6.07) is 17.2. The molecule has 0 fully saturated rings. The fourth-order valence-corrected chi connectivity index (χ4v) is 2.80. The fraction of sp³-hybridized carbons (Fsp3) is 0.150. The Kier molecular flexibility index (Phi) is 4.57. The minimum atomic E-state index is -0.328. The minimum Gasteiger partial charge on any atom is -0.454 e. The van der Waals surface area contributed by atoms with E-state index in [2.05, 4.69) is 15.5 Å². The van der Waals surface area contributed by atoms with Crippen LogP contribution in [0.4, 0.5) is 5.82 Å². The lowest BCUT2D eigenvalue weighted by Crippen LogP contribution is -2.12. The van der Waals surface area contributed by atoms with Gasteiger partial charge in [-0.1, -0.05) is 30.3 Å². The molecule has 1 N–H and O–H groups in total. The third-order valence-electron chi connectivity index (χ3n) is 4.16. The largest absolute Gasteiger partial charge is 0.454 e. The maximum Gasteiger partial charge on any atom is 0.292 e. The van der Waals surface area contributed by atoms with Crippen LogP contribution < -0.4 is 5.32 Å². The number of aryl methyl sites for hydroxylation is 1. The lowest BCUT2D eigenvalue weighted by Gasteiger charge is -2.04. The maximum atomic E-state index is 12.4. The quantitative estimate of drug-likeness (QED) is 0.571. The number of nitrogens with one attached hydrogen (secondary N) is 1. The van der Waals surface area contributed by atoms with Crippen molar-refractivity contribution in [2.75, 3.05) is 5.32 Å². The van der Waals surface area contributed by atoms with E-state index in [1.165, 1.54) is 0 Å². The van der Waals surface area contributed by atoms with Crippen LogP contribution in [0.15, 0.2) is 71.4 Å². The molecule has 1 amide bonds. The molecule has 4 aromatic rings. The predicted octanol–water partition coefficient (Wildman–Crippen LogP) is 3.33. The Labute approximate surface area is 156 Å². The molecule has 0 atom stereocenters. The second-order valence-electron chi connectivity index (χ2n) is 6.24. The molecule has 0 spiro atoms. The van der Waals surface area contributed by atoms with Crippen molar-refractivity contribution in [2.45, 2.75) is 20.0 Å². The van der Waals surface area contributed by atoms with E-state index < -0.39 is 0 Å². The van der Waals surface area contributed by atoms with Crippen molar-refractivity contribution in [2.24, 2.45) is 0 Å². The van der Waals surface area contributed by atoms with Gasteiger partial charge in [0.25, 0.3) is 5.91 Å². The van der Waals surface area contributed by atoms with Gasteiger partial charge in [-0.25, -0.2) is 0 Å². The Hall–Kier alpha value is -3.61. The van der Waals surface area contributed by atoms with Gasteiger partial charge in [0.2, 0.25) is 0 Å². The van der Waals surface area contributed by atoms with Crippen LogP contribution in [0.3, 0.4) is 0 Å². The zero-order chi connectivity index (χ0) is 18.6. The van der Waals surface area contributed by atoms with Crippen molar-refractivity contribution in [1.29, 1.82) is 0 Å². The standard InChI is InChI=1S/C20H19N5O2/c1-15-12-19(23-25(15)13-16-6-3-2-4-7-16)22-20(26)18-9-8-17(27-18)14-24-11-5-10-21-24/h2-12H,13-14H2,1H3,(H,22,23,26). The van der Waals surface area contributed by atoms with E-state index in [9.17, 15) is 4.79 Å². The van der Waals surface area contributed by atoms with Gasteiger partial charge in [-0.15, -0.1) is 0 Å². The van der Waals surface area contributed by atoms with E-state index in [1.807, 2.05) is 60.3 Å². The van der Waals surface area contributed by atoms with Gasteiger partial charge >= 0.3 is 0 Å². The molecule has 3 heterocycles. The summed E-state index contributed by atoms with van der Waals surface area (Å²) in [4.78, 5) is 12.4. The lowest BCUT2D eigenvalue weighted by atomic mass is 10.2. The first kappa shape index (κ1) is 16.8. The molecule has 0 aliphatic heterocycles. The number of anilines is 1. The van der Waals surface area contributed by atoms with Crippen LogP contribution in [-0.4, -0.2) is 25.5 Å². The van der Waals surface area contributed by atoms with Gasteiger partial charge in [0.05, 0.1) is 13.1 Å². The highest BCUT2D eigenvalue weighted by atomic mass is 16.4. The summed E-state index contributed by atoms with van der Waals surface area (Å²) in [5.74, 6) is 1.08. The molecule has 7 heteroatoms. The highest BCUT2D eigenvalue weighted by Gasteiger charge is 2.14. The normalized spacial score (nSPS) is 10.9. The number of benzene rings is 1. The van der Waals surface area contributed by atoms with Crippen molar-refractivity contribution >= 4 is 11.7 Å². The van der Waals surface area contributed by atoms with E-state index in [1.54, 1.807) is 23.0 Å². The summed E-state index contributed by atoms with van der Waals surface area (Å²) in [5.41, 5.74) is 2.11. The molecule has 0 radical (unpaired) electrons. The molecule has 0 unspecified atom stereocenters. The monoisotopic (exact) mass is 361 g/mol. The molecule has 0 saturated carbocycles. The third-order valence-corrected chi connectivity index (χ3v) is 4.16. The van der Waals surface area contributed by atoms with Crippen LogP contribution in [0.25, 0.3) is 0 Å². The van der Waals surface area contributed by atoms with Crippen molar-refractivity contribution in [1.82, 2.24) is 19.6 Å². The molecular formula is C20H19N5O2. The number of furan rings is 1. The van der Waals surface area contributed by atoms with E-state index in [4.69, 9.17) is 4.42 Å². The third kappa shape index (κ3) is 3.98. The Bertz CT molecular complexity index is 1030. The first-order chi connectivity index (χ1) is 13.2. The number of rotatable bonds is 6. The maximum absolute atomic E-state index is 12.4. The van der Waals surface area contributed by atoms with Crippen molar-refractivity contribution in [3.05, 3.63) is 89.8 Å². The van der Waals surface area contributed by atoms with E-state index in [-0.39, 0.29) is 11.7 Å². The van der Waals surface area contributed by atoms with Gasteiger partial charge < -0.3 is 9.73 Å². The second kappa shape index (κ2) is 7.33. The van der Waals surface area contributed by atoms with Crippen molar-refractivity contribution in [3.8, 4) is 0 Å². The van der Waals surface area contributed by atoms with Gasteiger partial charge in [-0.3, -0.25) is 14.2 Å². The molecule has 0 saturated heterocycles. The minimum absolute atomic E-state index is 0.243. The van der Waals surface area contributed by atoms with Crippen molar-refractivity contribution < 1.29 is 9.21 Å². The van der Waals surface area contributed by atoms with Crippen molar-refractivity contribution in [3.63, 3.8) is 0 Å². The van der Waals surface area contributed by atoms with E-state index in [0.717, 1.165) is 11.3 Å². The topological polar surface area (TPSA) is 77.9 Å². The average Bonchev–Trinajstić information content (AvgIpc) is 3.40. The van der Waals surface area contributed by atoms with Gasteiger partial charge in [-0.05, 0) is 30.7 Å². The van der Waals surface area contributed by atoms with Gasteiger partial charge in [-0.2, -0.15) is 10.2 Å². The summed E-state index contributed by atoms with van der Waals surface area (Å²) in [6.07, 6.45) is 3.54. The first-order valence-corrected chi connectivity index (χ1v) is 8.63. The smallest absolute Gasteiger partial charge is 0.292 e. The van der Waals surface area contributed by atoms with E-state index >= 15 is 0 Å². The van der Waals surface area contributed by atoms with Crippen LogP contribution in [0, 0.1) is 6.92 Å². The SMILES string of the molecule is Cc1cc(NC(=O)c2ccc(Cn3cccn3)o2)nn1Cc1ccccc1. The molecule has 0 aliphatic carbocycles. The Morgan fingerprint density at radius 1 is 1.11 bits per heavy atom.